The van der Waals surface area contributed by atoms with Gasteiger partial charge in [-0.15, -0.1) is 0 Å². The summed E-state index contributed by atoms with van der Waals surface area (Å²) in [6.07, 6.45) is 14.6. The van der Waals surface area contributed by atoms with Gasteiger partial charge in [0.05, 0.1) is 11.0 Å². The van der Waals surface area contributed by atoms with Gasteiger partial charge in [-0.3, -0.25) is 14.5 Å². The smallest absolute Gasteiger partial charge is 0.273 e. The molecule has 2 bridgehead atoms. The van der Waals surface area contributed by atoms with E-state index in [-0.39, 0.29) is 18.0 Å². The van der Waals surface area contributed by atoms with Crippen LogP contribution in [0.1, 0.15) is 88.8 Å². The number of amides is 1. The zero-order valence-corrected chi connectivity index (χ0v) is 19.0. The van der Waals surface area contributed by atoms with Crippen molar-refractivity contribution in [3.05, 3.63) is 40.3 Å². The number of rotatable bonds is 5. The SMILES string of the molecule is NC(=O)CCc1nc2ccccc2n(C2C[C@H]3CC[C@@H](C2)N3C2CCCCCCC2)c1=O. The molecule has 32 heavy (non-hydrogen) atoms. The van der Waals surface area contributed by atoms with Gasteiger partial charge in [-0.25, -0.2) is 4.98 Å². The van der Waals surface area contributed by atoms with Gasteiger partial charge in [0.25, 0.3) is 5.56 Å². The highest BCUT2D eigenvalue weighted by Gasteiger charge is 2.44. The molecule has 2 aliphatic heterocycles. The quantitative estimate of drug-likeness (QED) is 0.765. The summed E-state index contributed by atoms with van der Waals surface area (Å²) in [6, 6.07) is 10.0. The minimum Gasteiger partial charge on any atom is -0.370 e. The average Bonchev–Trinajstić information content (AvgIpc) is 3.01. The molecule has 5 rings (SSSR count). The summed E-state index contributed by atoms with van der Waals surface area (Å²) in [4.78, 5) is 32.3. The Bertz CT molecular complexity index is 1010. The van der Waals surface area contributed by atoms with Gasteiger partial charge in [0.15, 0.2) is 0 Å². The number of carbonyl (C=O) groups excluding carboxylic acids is 1. The molecule has 1 unspecified atom stereocenters. The Labute approximate surface area is 190 Å². The van der Waals surface area contributed by atoms with Gasteiger partial charge in [0.1, 0.15) is 5.69 Å². The number of hydrogen-bond donors (Lipinski definition) is 1. The maximum Gasteiger partial charge on any atom is 0.273 e. The van der Waals surface area contributed by atoms with E-state index >= 15 is 0 Å². The second-order valence-corrected chi connectivity index (χ2v) is 10.1. The number of para-hydroxylation sites is 2. The zero-order chi connectivity index (χ0) is 22.1. The summed E-state index contributed by atoms with van der Waals surface area (Å²) in [5, 5.41) is 0. The van der Waals surface area contributed by atoms with Crippen molar-refractivity contribution in [3.8, 4) is 0 Å². The Balaban J connectivity index is 1.45. The first-order chi connectivity index (χ1) is 15.6. The molecule has 2 aromatic rings. The molecule has 0 spiro atoms. The Morgan fingerprint density at radius 1 is 0.906 bits per heavy atom. The Morgan fingerprint density at radius 2 is 1.56 bits per heavy atom. The summed E-state index contributed by atoms with van der Waals surface area (Å²) in [6.45, 7) is 0. The number of aromatic nitrogens is 2. The van der Waals surface area contributed by atoms with Crippen molar-refractivity contribution in [2.75, 3.05) is 0 Å². The van der Waals surface area contributed by atoms with E-state index in [0.717, 1.165) is 29.9 Å². The topological polar surface area (TPSA) is 81.2 Å². The molecule has 1 aromatic heterocycles. The van der Waals surface area contributed by atoms with Crippen LogP contribution in [0.15, 0.2) is 29.1 Å². The van der Waals surface area contributed by atoms with Crippen molar-refractivity contribution in [1.82, 2.24) is 14.5 Å². The lowest BCUT2D eigenvalue weighted by molar-refractivity contribution is -0.118. The fourth-order valence-electron chi connectivity index (χ4n) is 6.70. The molecule has 2 saturated heterocycles. The average molecular weight is 437 g/mol. The molecule has 0 radical (unpaired) electrons. The number of benzene rings is 1. The van der Waals surface area contributed by atoms with Gasteiger partial charge in [-0.1, -0.05) is 44.2 Å². The van der Waals surface area contributed by atoms with Gasteiger partial charge in [0.2, 0.25) is 5.91 Å². The van der Waals surface area contributed by atoms with Gasteiger partial charge in [0, 0.05) is 37.0 Å². The van der Waals surface area contributed by atoms with Gasteiger partial charge >= 0.3 is 0 Å². The molecule has 1 saturated carbocycles. The molecule has 1 aliphatic carbocycles. The molecule has 3 heterocycles. The molecule has 6 heteroatoms. The van der Waals surface area contributed by atoms with Gasteiger partial charge in [-0.2, -0.15) is 0 Å². The molecule has 3 fully saturated rings. The van der Waals surface area contributed by atoms with Crippen molar-refractivity contribution < 1.29 is 4.79 Å². The van der Waals surface area contributed by atoms with E-state index in [1.54, 1.807) is 0 Å². The van der Waals surface area contributed by atoms with Crippen LogP contribution in [0, 0.1) is 0 Å². The Hall–Kier alpha value is -2.21. The highest BCUT2D eigenvalue weighted by Crippen LogP contribution is 2.44. The molecule has 6 nitrogen and oxygen atoms in total. The minimum atomic E-state index is -0.392. The van der Waals surface area contributed by atoms with Crippen molar-refractivity contribution in [2.45, 2.75) is 108 Å². The molecule has 1 amide bonds. The standard InChI is InChI=1S/C26H36N4O2/c27-25(31)15-14-23-26(32)30(24-11-7-6-10-22(24)28-23)21-16-19-12-13-20(17-21)29(19)18-8-4-2-1-3-5-9-18/h6-7,10-11,18-21H,1-5,8-9,12-17H2,(H2,27,31)/t19-,20+,21?. The van der Waals surface area contributed by atoms with Crippen molar-refractivity contribution >= 4 is 16.9 Å². The van der Waals surface area contributed by atoms with Crippen LogP contribution in [0.25, 0.3) is 11.0 Å². The third-order valence-corrected chi connectivity index (χ3v) is 8.10. The molecular weight excluding hydrogens is 400 g/mol. The third-order valence-electron chi connectivity index (χ3n) is 8.10. The van der Waals surface area contributed by atoms with Crippen molar-refractivity contribution in [1.29, 1.82) is 0 Å². The van der Waals surface area contributed by atoms with E-state index in [2.05, 4.69) is 9.88 Å². The minimum absolute atomic E-state index is 0.0336. The van der Waals surface area contributed by atoms with E-state index in [9.17, 15) is 9.59 Å². The maximum absolute atomic E-state index is 13.5. The second-order valence-electron chi connectivity index (χ2n) is 10.1. The maximum atomic E-state index is 13.5. The van der Waals surface area contributed by atoms with Crippen LogP contribution in [-0.2, 0) is 11.2 Å². The number of nitrogens with two attached hydrogens (primary N) is 1. The van der Waals surface area contributed by atoms with E-state index < -0.39 is 5.91 Å². The van der Waals surface area contributed by atoms with E-state index in [4.69, 9.17) is 5.73 Å². The van der Waals surface area contributed by atoms with Crippen LogP contribution in [0.4, 0.5) is 0 Å². The van der Waals surface area contributed by atoms with Crippen LogP contribution in [0.5, 0.6) is 0 Å². The van der Waals surface area contributed by atoms with E-state index in [1.165, 1.54) is 57.8 Å². The summed E-state index contributed by atoms with van der Waals surface area (Å²) >= 11 is 0. The van der Waals surface area contributed by atoms with E-state index in [1.807, 2.05) is 28.8 Å². The number of fused-ring (bicyclic) bond motifs is 3. The highest BCUT2D eigenvalue weighted by molar-refractivity contribution is 5.76. The Morgan fingerprint density at radius 3 is 2.25 bits per heavy atom. The fraction of sp³-hybridized carbons (Fsp3) is 0.654. The summed E-state index contributed by atoms with van der Waals surface area (Å²) in [7, 11) is 0. The summed E-state index contributed by atoms with van der Waals surface area (Å²) in [5.74, 6) is -0.392. The summed E-state index contributed by atoms with van der Waals surface area (Å²) < 4.78 is 2.01. The molecular formula is C26H36N4O2. The Kier molecular flexibility index (Phi) is 6.31. The first-order valence-electron chi connectivity index (χ1n) is 12.7. The molecule has 172 valence electrons. The lowest BCUT2D eigenvalue weighted by Crippen LogP contribution is -2.50. The van der Waals surface area contributed by atoms with Crippen molar-refractivity contribution in [3.63, 3.8) is 0 Å². The number of hydrogen-bond acceptors (Lipinski definition) is 4. The molecule has 3 aliphatic rings. The van der Waals surface area contributed by atoms with Crippen LogP contribution in [-0.4, -0.2) is 38.5 Å². The van der Waals surface area contributed by atoms with Crippen LogP contribution >= 0.6 is 0 Å². The van der Waals surface area contributed by atoms with Gasteiger partial charge < -0.3 is 10.3 Å². The predicted molar refractivity (Wildman–Crippen MR) is 127 cm³/mol. The highest BCUT2D eigenvalue weighted by atomic mass is 16.1. The van der Waals surface area contributed by atoms with Crippen molar-refractivity contribution in [2.24, 2.45) is 5.73 Å². The molecule has 1 aromatic carbocycles. The molecule has 3 atom stereocenters. The van der Waals surface area contributed by atoms with Crippen LogP contribution in [0.3, 0.4) is 0 Å². The number of primary amides is 1. The van der Waals surface area contributed by atoms with Crippen LogP contribution in [0.2, 0.25) is 0 Å². The monoisotopic (exact) mass is 436 g/mol. The third kappa shape index (κ3) is 4.21. The summed E-state index contributed by atoms with van der Waals surface area (Å²) in [5.41, 5.74) is 7.55. The fourth-order valence-corrected chi connectivity index (χ4v) is 6.70. The number of nitrogens with zero attached hydrogens (tertiary/aromatic N) is 3. The number of aryl methyl sites for hydroxylation is 1. The largest absolute Gasteiger partial charge is 0.370 e. The number of piperidine rings is 1. The normalized spacial score (nSPS) is 27.3. The van der Waals surface area contributed by atoms with Crippen LogP contribution < -0.4 is 11.3 Å². The first kappa shape index (κ1) is 21.6. The zero-order valence-electron chi connectivity index (χ0n) is 19.0. The van der Waals surface area contributed by atoms with E-state index in [0.29, 0.717) is 24.2 Å². The molecule has 2 N–H and O–H groups in total. The lowest BCUT2D eigenvalue weighted by Gasteiger charge is -2.45. The first-order valence-corrected chi connectivity index (χ1v) is 12.7. The lowest BCUT2D eigenvalue weighted by atomic mass is 9.89. The number of carbonyl (C=O) groups is 1. The predicted octanol–water partition coefficient (Wildman–Crippen LogP) is 4.10. The second kappa shape index (κ2) is 9.34. The van der Waals surface area contributed by atoms with Gasteiger partial charge in [-0.05, 0) is 50.7 Å².